The van der Waals surface area contributed by atoms with E-state index in [9.17, 15) is 9.90 Å². The third-order valence-corrected chi connectivity index (χ3v) is 3.12. The van der Waals surface area contributed by atoms with Crippen LogP contribution < -0.4 is 4.74 Å². The van der Waals surface area contributed by atoms with Gasteiger partial charge in [-0.2, -0.15) is 0 Å². The van der Waals surface area contributed by atoms with Gasteiger partial charge in [0, 0.05) is 19.5 Å². The molecule has 1 fully saturated rings. The van der Waals surface area contributed by atoms with Crippen LogP contribution >= 0.6 is 0 Å². The number of carbonyl (C=O) groups is 1. The minimum atomic E-state index is -1.09. The Kier molecular flexibility index (Phi) is 3.07. The van der Waals surface area contributed by atoms with E-state index in [1.807, 2.05) is 37.1 Å². The number of hydrogen-bond donors (Lipinski definition) is 1. The fourth-order valence-electron chi connectivity index (χ4n) is 2.17. The van der Waals surface area contributed by atoms with E-state index in [1.54, 1.807) is 6.07 Å². The molecule has 1 heterocycles. The molecule has 0 radical (unpaired) electrons. The zero-order valence-electron chi connectivity index (χ0n) is 10.1. The lowest BCUT2D eigenvalue weighted by Crippen LogP contribution is -2.46. The van der Waals surface area contributed by atoms with Crippen molar-refractivity contribution in [3.8, 4) is 5.75 Å². The number of hydrogen-bond acceptors (Lipinski definition) is 3. The summed E-state index contributed by atoms with van der Waals surface area (Å²) in [5.41, 5.74) is -0.0304. The quantitative estimate of drug-likeness (QED) is 0.863. The number of carboxylic acids is 1. The Labute approximate surface area is 101 Å². The van der Waals surface area contributed by atoms with Gasteiger partial charge in [-0.05, 0) is 31.7 Å². The zero-order chi connectivity index (χ0) is 12.5. The van der Waals surface area contributed by atoms with Gasteiger partial charge in [0.05, 0.1) is 0 Å². The van der Waals surface area contributed by atoms with Crippen molar-refractivity contribution in [1.82, 2.24) is 4.90 Å². The highest BCUT2D eigenvalue weighted by atomic mass is 16.5. The first kappa shape index (κ1) is 11.9. The Bertz CT molecular complexity index is 432. The molecule has 1 atom stereocenters. The monoisotopic (exact) mass is 235 g/mol. The Morgan fingerprint density at radius 1 is 1.53 bits per heavy atom. The number of benzene rings is 1. The first-order chi connectivity index (χ1) is 8.02. The summed E-state index contributed by atoms with van der Waals surface area (Å²) in [6.45, 7) is 3.13. The number of likely N-dealkylation sites (N-methyl/N-ethyl adjacent to an activating group) is 1. The molecule has 0 amide bonds. The lowest BCUT2D eigenvalue weighted by Gasteiger charge is -2.25. The van der Waals surface area contributed by atoms with E-state index in [1.165, 1.54) is 0 Å². The second-order valence-electron chi connectivity index (χ2n) is 4.71. The predicted molar refractivity (Wildman–Crippen MR) is 64.3 cm³/mol. The fraction of sp³-hybridized carbons (Fsp3) is 0.462. The maximum atomic E-state index is 11.4. The Morgan fingerprint density at radius 3 is 2.82 bits per heavy atom. The van der Waals surface area contributed by atoms with E-state index in [-0.39, 0.29) is 0 Å². The Morgan fingerprint density at radius 2 is 2.29 bits per heavy atom. The van der Waals surface area contributed by atoms with Gasteiger partial charge in [-0.25, -0.2) is 4.79 Å². The number of likely N-dealkylation sites (tertiary alicyclic amines) is 1. The molecule has 1 aromatic rings. The maximum absolute atomic E-state index is 11.4. The summed E-state index contributed by atoms with van der Waals surface area (Å²) >= 11 is 0. The summed E-state index contributed by atoms with van der Waals surface area (Å²) in [4.78, 5) is 13.4. The van der Waals surface area contributed by atoms with Crippen molar-refractivity contribution in [3.05, 3.63) is 29.8 Å². The second-order valence-corrected chi connectivity index (χ2v) is 4.71. The van der Waals surface area contributed by atoms with E-state index < -0.39 is 11.6 Å². The molecule has 1 saturated heterocycles. The Hall–Kier alpha value is -1.55. The third-order valence-electron chi connectivity index (χ3n) is 3.12. The van der Waals surface area contributed by atoms with Crippen molar-refractivity contribution in [2.45, 2.75) is 18.9 Å². The molecule has 17 heavy (non-hydrogen) atoms. The Balaban J connectivity index is 2.22. The van der Waals surface area contributed by atoms with Crippen LogP contribution in [0.2, 0.25) is 0 Å². The van der Waals surface area contributed by atoms with E-state index in [0.29, 0.717) is 18.7 Å². The summed E-state index contributed by atoms with van der Waals surface area (Å²) in [6.07, 6.45) is 0.521. The van der Waals surface area contributed by atoms with Crippen LogP contribution in [0.4, 0.5) is 0 Å². The smallest absolute Gasteiger partial charge is 0.349 e. The lowest BCUT2D eigenvalue weighted by atomic mass is 10.0. The van der Waals surface area contributed by atoms with E-state index in [0.717, 1.165) is 12.1 Å². The van der Waals surface area contributed by atoms with Gasteiger partial charge in [-0.3, -0.25) is 0 Å². The first-order valence-corrected chi connectivity index (χ1v) is 5.69. The van der Waals surface area contributed by atoms with Crippen LogP contribution in [-0.2, 0) is 4.79 Å². The maximum Gasteiger partial charge on any atom is 0.349 e. The summed E-state index contributed by atoms with van der Waals surface area (Å²) in [5, 5.41) is 9.36. The molecule has 1 aliphatic heterocycles. The predicted octanol–water partition coefficient (Wildman–Crippen LogP) is 1.53. The summed E-state index contributed by atoms with van der Waals surface area (Å²) < 4.78 is 5.73. The molecule has 0 saturated carbocycles. The van der Waals surface area contributed by atoms with Crippen LogP contribution in [0.15, 0.2) is 24.3 Å². The largest absolute Gasteiger partial charge is 0.478 e. The van der Waals surface area contributed by atoms with Crippen molar-refractivity contribution in [2.24, 2.45) is 0 Å². The van der Waals surface area contributed by atoms with E-state index in [4.69, 9.17) is 4.74 Å². The number of aliphatic carboxylic acids is 1. The average molecular weight is 235 g/mol. The molecule has 0 aliphatic carbocycles. The van der Waals surface area contributed by atoms with Crippen molar-refractivity contribution in [1.29, 1.82) is 0 Å². The van der Waals surface area contributed by atoms with Gasteiger partial charge in [-0.15, -0.1) is 0 Å². The van der Waals surface area contributed by atoms with Crippen molar-refractivity contribution in [2.75, 3.05) is 20.1 Å². The van der Waals surface area contributed by atoms with E-state index in [2.05, 4.69) is 0 Å². The highest BCUT2D eigenvalue weighted by molar-refractivity contribution is 5.79. The lowest BCUT2D eigenvalue weighted by molar-refractivity contribution is -0.154. The molecule has 0 aromatic heterocycles. The van der Waals surface area contributed by atoms with Crippen molar-refractivity contribution < 1.29 is 14.6 Å². The van der Waals surface area contributed by atoms with Crippen LogP contribution in [-0.4, -0.2) is 41.7 Å². The normalized spacial score (nSPS) is 24.8. The van der Waals surface area contributed by atoms with Crippen LogP contribution in [0, 0.1) is 6.92 Å². The van der Waals surface area contributed by atoms with Crippen molar-refractivity contribution >= 4 is 5.97 Å². The van der Waals surface area contributed by atoms with Gasteiger partial charge in [0.25, 0.3) is 0 Å². The van der Waals surface area contributed by atoms with Crippen LogP contribution in [0.3, 0.4) is 0 Å². The molecule has 2 rings (SSSR count). The minimum Gasteiger partial charge on any atom is -0.478 e. The molecule has 1 aromatic carbocycles. The fourth-order valence-corrected chi connectivity index (χ4v) is 2.17. The van der Waals surface area contributed by atoms with Crippen LogP contribution in [0.1, 0.15) is 12.0 Å². The molecule has 0 spiro atoms. The molecule has 0 bridgehead atoms. The highest BCUT2D eigenvalue weighted by Gasteiger charge is 2.46. The number of ether oxygens (including phenoxy) is 1. The summed E-state index contributed by atoms with van der Waals surface area (Å²) in [7, 11) is 1.91. The number of aryl methyl sites for hydroxylation is 1. The van der Waals surface area contributed by atoms with Crippen LogP contribution in [0.5, 0.6) is 5.75 Å². The summed E-state index contributed by atoms with van der Waals surface area (Å²) in [6, 6.07) is 7.50. The molecule has 4 nitrogen and oxygen atoms in total. The highest BCUT2D eigenvalue weighted by Crippen LogP contribution is 2.28. The van der Waals surface area contributed by atoms with Gasteiger partial charge in [-0.1, -0.05) is 12.1 Å². The van der Waals surface area contributed by atoms with Crippen molar-refractivity contribution in [3.63, 3.8) is 0 Å². The van der Waals surface area contributed by atoms with Crippen LogP contribution in [0.25, 0.3) is 0 Å². The molecule has 1 unspecified atom stereocenters. The number of nitrogens with zero attached hydrogens (tertiary/aromatic N) is 1. The molecular formula is C13H17NO3. The molecule has 4 heteroatoms. The molecule has 1 aliphatic rings. The molecule has 1 N–H and O–H groups in total. The molecule has 92 valence electrons. The average Bonchev–Trinajstić information content (AvgIpc) is 2.61. The number of carboxylic acid groups (broad SMARTS) is 1. The summed E-state index contributed by atoms with van der Waals surface area (Å²) in [5.74, 6) is -0.258. The minimum absolute atomic E-state index is 0.427. The van der Waals surface area contributed by atoms with Gasteiger partial charge in [0.1, 0.15) is 5.75 Å². The second kappa shape index (κ2) is 4.37. The SMILES string of the molecule is Cc1cccc(OC2(C(=O)O)CCN(C)C2)c1. The first-order valence-electron chi connectivity index (χ1n) is 5.69. The van der Waals surface area contributed by atoms with E-state index >= 15 is 0 Å². The van der Waals surface area contributed by atoms with Gasteiger partial charge < -0.3 is 14.7 Å². The zero-order valence-corrected chi connectivity index (χ0v) is 10.1. The molecular weight excluding hydrogens is 218 g/mol. The topological polar surface area (TPSA) is 49.8 Å². The van der Waals surface area contributed by atoms with Gasteiger partial charge in [0.15, 0.2) is 0 Å². The third kappa shape index (κ3) is 2.42. The number of rotatable bonds is 3. The standard InChI is InChI=1S/C13H17NO3/c1-10-4-3-5-11(8-10)17-13(12(15)16)6-7-14(2)9-13/h3-5,8H,6-7,9H2,1-2H3,(H,15,16). The van der Waals surface area contributed by atoms with Gasteiger partial charge >= 0.3 is 5.97 Å². The van der Waals surface area contributed by atoms with Gasteiger partial charge in [0.2, 0.25) is 5.60 Å².